The third-order valence-corrected chi connectivity index (χ3v) is 3.00. The van der Waals surface area contributed by atoms with Gasteiger partial charge in [-0.1, -0.05) is 9.59 Å². The van der Waals surface area contributed by atoms with Gasteiger partial charge in [0.1, 0.15) is 11.5 Å². The highest BCUT2D eigenvalue weighted by Gasteiger charge is 2.13. The molecule has 0 unspecified atom stereocenters. The predicted octanol–water partition coefficient (Wildman–Crippen LogP) is 1.72. The van der Waals surface area contributed by atoms with Crippen LogP contribution in [0.2, 0.25) is 0 Å². The molecule has 7 heteroatoms. The summed E-state index contributed by atoms with van der Waals surface area (Å²) in [6.45, 7) is 0. The summed E-state index contributed by atoms with van der Waals surface area (Å²) in [6.07, 6.45) is 0. The summed E-state index contributed by atoms with van der Waals surface area (Å²) in [4.78, 5) is 1.86. The molecule has 90 valence electrons. The minimum atomic E-state index is 0.702. The SMILES string of the molecule is COc1ccc(N(C)c2nnns2)c(OC)c1. The molecular formula is C10H12N4O2S. The molecule has 0 saturated carbocycles. The maximum Gasteiger partial charge on any atom is 0.232 e. The lowest BCUT2D eigenvalue weighted by molar-refractivity contribution is 0.395. The summed E-state index contributed by atoms with van der Waals surface area (Å²) in [5, 5.41) is 8.18. The van der Waals surface area contributed by atoms with Crippen LogP contribution < -0.4 is 14.4 Å². The Hall–Kier alpha value is -1.89. The average molecular weight is 252 g/mol. The molecule has 0 aliphatic carbocycles. The summed E-state index contributed by atoms with van der Waals surface area (Å²) in [5.41, 5.74) is 0.881. The third kappa shape index (κ3) is 2.28. The average Bonchev–Trinajstić information content (AvgIpc) is 2.91. The molecule has 2 aromatic rings. The Labute approximate surface area is 103 Å². The van der Waals surface area contributed by atoms with Gasteiger partial charge in [0.05, 0.1) is 19.9 Å². The topological polar surface area (TPSA) is 60.4 Å². The van der Waals surface area contributed by atoms with Crippen molar-refractivity contribution < 1.29 is 9.47 Å². The molecule has 17 heavy (non-hydrogen) atoms. The maximum absolute atomic E-state index is 5.32. The zero-order valence-corrected chi connectivity index (χ0v) is 10.6. The van der Waals surface area contributed by atoms with Crippen LogP contribution in [-0.4, -0.2) is 36.1 Å². The number of nitrogens with zero attached hydrogens (tertiary/aromatic N) is 4. The molecule has 1 aromatic carbocycles. The van der Waals surface area contributed by atoms with Crippen LogP contribution in [0.1, 0.15) is 0 Å². The zero-order chi connectivity index (χ0) is 12.3. The first-order valence-electron chi connectivity index (χ1n) is 4.87. The van der Waals surface area contributed by atoms with E-state index in [2.05, 4.69) is 14.8 Å². The lowest BCUT2D eigenvalue weighted by Crippen LogP contribution is -2.10. The highest BCUT2D eigenvalue weighted by Crippen LogP contribution is 2.35. The molecule has 0 aliphatic rings. The van der Waals surface area contributed by atoms with E-state index in [1.54, 1.807) is 14.2 Å². The molecule has 1 aromatic heterocycles. The summed E-state index contributed by atoms with van der Waals surface area (Å²) < 4.78 is 14.2. The molecule has 0 bridgehead atoms. The Morgan fingerprint density at radius 1 is 1.24 bits per heavy atom. The van der Waals surface area contributed by atoms with E-state index in [1.807, 2.05) is 30.1 Å². The normalized spacial score (nSPS) is 10.1. The Morgan fingerprint density at radius 3 is 2.65 bits per heavy atom. The molecular weight excluding hydrogens is 240 g/mol. The largest absolute Gasteiger partial charge is 0.497 e. The predicted molar refractivity (Wildman–Crippen MR) is 65.3 cm³/mol. The van der Waals surface area contributed by atoms with Crippen LogP contribution in [0.5, 0.6) is 11.5 Å². The standard InChI is InChI=1S/C10H12N4O2S/c1-14(10-11-12-13-17-10)8-5-4-7(15-2)6-9(8)16-3/h4-6H,1-3H3. The molecule has 6 nitrogen and oxygen atoms in total. The highest BCUT2D eigenvalue weighted by atomic mass is 32.1. The second kappa shape index (κ2) is 4.96. The second-order valence-corrected chi connectivity index (χ2v) is 3.95. The van der Waals surface area contributed by atoms with E-state index in [0.717, 1.165) is 11.4 Å². The Balaban J connectivity index is 2.38. The van der Waals surface area contributed by atoms with Gasteiger partial charge in [-0.05, 0) is 17.3 Å². The van der Waals surface area contributed by atoms with Crippen molar-refractivity contribution in [3.63, 3.8) is 0 Å². The first kappa shape index (κ1) is 11.6. The monoisotopic (exact) mass is 252 g/mol. The van der Waals surface area contributed by atoms with Gasteiger partial charge in [-0.3, -0.25) is 0 Å². The van der Waals surface area contributed by atoms with E-state index < -0.39 is 0 Å². The van der Waals surface area contributed by atoms with Crippen molar-refractivity contribution >= 4 is 22.4 Å². The quantitative estimate of drug-likeness (QED) is 0.825. The molecule has 0 aliphatic heterocycles. The van der Waals surface area contributed by atoms with Crippen LogP contribution in [0, 0.1) is 0 Å². The van der Waals surface area contributed by atoms with Crippen molar-refractivity contribution in [3.05, 3.63) is 18.2 Å². The second-order valence-electron chi connectivity index (χ2n) is 3.24. The van der Waals surface area contributed by atoms with Gasteiger partial charge >= 0.3 is 0 Å². The molecule has 1 heterocycles. The van der Waals surface area contributed by atoms with Crippen molar-refractivity contribution in [2.45, 2.75) is 0 Å². The van der Waals surface area contributed by atoms with Gasteiger partial charge < -0.3 is 14.4 Å². The van der Waals surface area contributed by atoms with Gasteiger partial charge in [0.15, 0.2) is 0 Å². The van der Waals surface area contributed by atoms with E-state index in [-0.39, 0.29) is 0 Å². The summed E-state index contributed by atoms with van der Waals surface area (Å²) in [6, 6.07) is 5.59. The van der Waals surface area contributed by atoms with Crippen LogP contribution in [0.3, 0.4) is 0 Å². The van der Waals surface area contributed by atoms with Gasteiger partial charge in [0.2, 0.25) is 5.13 Å². The minimum absolute atomic E-state index is 0.702. The van der Waals surface area contributed by atoms with Gasteiger partial charge in [-0.15, -0.1) is 0 Å². The van der Waals surface area contributed by atoms with E-state index >= 15 is 0 Å². The van der Waals surface area contributed by atoms with Crippen molar-refractivity contribution in [2.75, 3.05) is 26.2 Å². The fraction of sp³-hybridized carbons (Fsp3) is 0.300. The Morgan fingerprint density at radius 2 is 2.06 bits per heavy atom. The van der Waals surface area contributed by atoms with E-state index in [1.165, 1.54) is 11.5 Å². The Bertz CT molecular complexity index is 489. The minimum Gasteiger partial charge on any atom is -0.497 e. The maximum atomic E-state index is 5.32. The highest BCUT2D eigenvalue weighted by molar-refractivity contribution is 7.09. The number of methoxy groups -OCH3 is 2. The van der Waals surface area contributed by atoms with Gasteiger partial charge in [-0.25, -0.2) is 0 Å². The van der Waals surface area contributed by atoms with Gasteiger partial charge in [-0.2, -0.15) is 0 Å². The summed E-state index contributed by atoms with van der Waals surface area (Å²) in [7, 11) is 5.11. The summed E-state index contributed by atoms with van der Waals surface area (Å²) in [5.74, 6) is 1.46. The van der Waals surface area contributed by atoms with Crippen molar-refractivity contribution in [3.8, 4) is 11.5 Å². The van der Waals surface area contributed by atoms with Crippen LogP contribution in [0.25, 0.3) is 0 Å². The van der Waals surface area contributed by atoms with E-state index in [9.17, 15) is 0 Å². The molecule has 0 radical (unpaired) electrons. The lowest BCUT2D eigenvalue weighted by Gasteiger charge is -2.18. The fourth-order valence-corrected chi connectivity index (χ4v) is 1.86. The number of hydrogen-bond acceptors (Lipinski definition) is 7. The number of anilines is 2. The molecule has 0 atom stereocenters. The van der Waals surface area contributed by atoms with E-state index in [0.29, 0.717) is 10.9 Å². The number of hydrogen-bond donors (Lipinski definition) is 0. The van der Waals surface area contributed by atoms with Gasteiger partial charge in [0.25, 0.3) is 0 Å². The number of aromatic nitrogens is 3. The van der Waals surface area contributed by atoms with Crippen LogP contribution in [0.4, 0.5) is 10.8 Å². The first-order chi connectivity index (χ1) is 8.26. The first-order valence-corrected chi connectivity index (χ1v) is 5.64. The summed E-state index contributed by atoms with van der Waals surface area (Å²) >= 11 is 1.22. The molecule has 0 spiro atoms. The van der Waals surface area contributed by atoms with Crippen LogP contribution >= 0.6 is 11.5 Å². The van der Waals surface area contributed by atoms with Crippen LogP contribution in [-0.2, 0) is 0 Å². The van der Waals surface area contributed by atoms with Crippen molar-refractivity contribution in [2.24, 2.45) is 0 Å². The number of benzene rings is 1. The van der Waals surface area contributed by atoms with Crippen LogP contribution in [0.15, 0.2) is 18.2 Å². The zero-order valence-electron chi connectivity index (χ0n) is 9.75. The molecule has 0 N–H and O–H groups in total. The molecule has 2 rings (SSSR count). The van der Waals surface area contributed by atoms with Gasteiger partial charge in [0, 0.05) is 24.6 Å². The Kier molecular flexibility index (Phi) is 3.38. The molecule has 0 saturated heterocycles. The van der Waals surface area contributed by atoms with Crippen molar-refractivity contribution in [1.29, 1.82) is 0 Å². The lowest BCUT2D eigenvalue weighted by atomic mass is 10.2. The van der Waals surface area contributed by atoms with E-state index in [4.69, 9.17) is 9.47 Å². The van der Waals surface area contributed by atoms with Crippen molar-refractivity contribution in [1.82, 2.24) is 14.8 Å². The fourth-order valence-electron chi connectivity index (χ4n) is 1.42. The number of ether oxygens (including phenoxy) is 2. The molecule has 0 amide bonds. The third-order valence-electron chi connectivity index (χ3n) is 2.32. The molecule has 0 fully saturated rings. The number of rotatable bonds is 4. The smallest absolute Gasteiger partial charge is 0.232 e.